The number of aryl methyl sites for hydroxylation is 1. The van der Waals surface area contributed by atoms with Gasteiger partial charge in [-0.1, -0.05) is 0 Å². The van der Waals surface area contributed by atoms with Crippen LogP contribution in [0.5, 0.6) is 5.75 Å². The summed E-state index contributed by atoms with van der Waals surface area (Å²) in [6, 6.07) is 11.4. The first-order chi connectivity index (χ1) is 18.3. The van der Waals surface area contributed by atoms with E-state index in [1.54, 1.807) is 0 Å². The molecule has 5 rings (SSSR count). The second kappa shape index (κ2) is 9.79. The normalized spacial score (nSPS) is 14.3. The van der Waals surface area contributed by atoms with E-state index < -0.39 is 17.1 Å². The molecule has 0 amide bonds. The van der Waals surface area contributed by atoms with Crippen molar-refractivity contribution in [1.82, 2.24) is 9.97 Å². The maximum atomic E-state index is 12.8. The number of benzene rings is 2. The van der Waals surface area contributed by atoms with E-state index in [0.717, 1.165) is 56.2 Å². The second-order valence-corrected chi connectivity index (χ2v) is 12.2. The summed E-state index contributed by atoms with van der Waals surface area (Å²) in [4.78, 5) is 32.9. The molecular weight excluding hydrogens is 492 g/mol. The lowest BCUT2D eigenvalue weighted by molar-refractivity contribution is -0.162. The third-order valence-corrected chi connectivity index (χ3v) is 6.91. The van der Waals surface area contributed by atoms with Crippen molar-refractivity contribution in [3.05, 3.63) is 69.6 Å². The van der Waals surface area contributed by atoms with Crippen molar-refractivity contribution < 1.29 is 19.0 Å². The molecular formula is C32H36N2O5. The van der Waals surface area contributed by atoms with Crippen LogP contribution in [-0.2, 0) is 20.7 Å². The Morgan fingerprint density at radius 2 is 1.87 bits per heavy atom. The predicted molar refractivity (Wildman–Crippen MR) is 153 cm³/mol. The summed E-state index contributed by atoms with van der Waals surface area (Å²) in [5.41, 5.74) is 5.00. The summed E-state index contributed by atoms with van der Waals surface area (Å²) < 4.78 is 18.4. The highest BCUT2D eigenvalue weighted by atomic mass is 16.6. The number of hydrogen-bond donors (Lipinski definition) is 1. The van der Waals surface area contributed by atoms with E-state index in [1.165, 1.54) is 11.6 Å². The average molecular weight is 529 g/mol. The fourth-order valence-corrected chi connectivity index (χ4v) is 5.24. The Labute approximate surface area is 228 Å². The summed E-state index contributed by atoms with van der Waals surface area (Å²) in [6.07, 6.45) is 2.08. The van der Waals surface area contributed by atoms with Crippen molar-refractivity contribution in [3.63, 3.8) is 0 Å². The molecule has 1 N–H and O–H groups in total. The highest BCUT2D eigenvalue weighted by Gasteiger charge is 2.31. The highest BCUT2D eigenvalue weighted by Crippen LogP contribution is 2.44. The molecule has 0 fully saturated rings. The molecule has 0 radical (unpaired) electrons. The maximum absolute atomic E-state index is 12.8. The molecule has 4 aromatic rings. The molecule has 39 heavy (non-hydrogen) atoms. The predicted octanol–water partition coefficient (Wildman–Crippen LogP) is 6.43. The van der Waals surface area contributed by atoms with Crippen molar-refractivity contribution in [2.45, 2.75) is 66.6 Å². The first-order valence-corrected chi connectivity index (χ1v) is 13.4. The maximum Gasteiger partial charge on any atom is 0.311 e. The van der Waals surface area contributed by atoms with Crippen LogP contribution in [0.2, 0.25) is 0 Å². The van der Waals surface area contributed by atoms with Crippen molar-refractivity contribution in [1.29, 1.82) is 0 Å². The van der Waals surface area contributed by atoms with E-state index in [1.807, 2.05) is 85.0 Å². The van der Waals surface area contributed by atoms with Gasteiger partial charge in [0.15, 0.2) is 0 Å². The topological polar surface area (TPSA) is 90.5 Å². The van der Waals surface area contributed by atoms with Gasteiger partial charge in [0.05, 0.1) is 23.1 Å². The summed E-state index contributed by atoms with van der Waals surface area (Å²) in [5.74, 6) is 0.520. The molecule has 0 aliphatic carbocycles. The van der Waals surface area contributed by atoms with E-state index in [0.29, 0.717) is 6.61 Å². The van der Waals surface area contributed by atoms with Gasteiger partial charge in [0.25, 0.3) is 0 Å². The third kappa shape index (κ3) is 5.28. The Morgan fingerprint density at radius 3 is 2.59 bits per heavy atom. The van der Waals surface area contributed by atoms with E-state index in [2.05, 4.69) is 4.98 Å². The minimum Gasteiger partial charge on any atom is -0.493 e. The fourth-order valence-electron chi connectivity index (χ4n) is 5.24. The van der Waals surface area contributed by atoms with E-state index in [4.69, 9.17) is 19.2 Å². The summed E-state index contributed by atoms with van der Waals surface area (Å²) in [5, 5.41) is 1.86. The standard InChI is InChI=1S/C32H36N2O5/c1-18-16-22-20(9-11-25(35)34-22)28(21-8-10-23-27-19(13-15-37-23)12-14-33-29(21)27)26(18)24(39-32(5,6)7)17-38-30(36)31(2,3)4/h8-12,14,16,24H,13,15,17H2,1-7H3,(H,34,35). The number of pyridine rings is 2. The van der Waals surface area contributed by atoms with Crippen LogP contribution in [0, 0.1) is 12.3 Å². The Hall–Kier alpha value is -3.71. The Bertz CT molecular complexity index is 1630. The Morgan fingerprint density at radius 1 is 1.10 bits per heavy atom. The molecule has 2 aromatic heterocycles. The molecule has 0 spiro atoms. The van der Waals surface area contributed by atoms with Crippen LogP contribution in [0.1, 0.15) is 64.3 Å². The number of hydrogen-bond acceptors (Lipinski definition) is 6. The van der Waals surface area contributed by atoms with Crippen molar-refractivity contribution in [2.24, 2.45) is 5.41 Å². The molecule has 2 aromatic carbocycles. The van der Waals surface area contributed by atoms with Crippen LogP contribution in [0.25, 0.3) is 32.9 Å². The SMILES string of the molecule is Cc1cc2[nH]c(=O)ccc2c(-c2ccc3c4c(ccnc24)CCO3)c1C(COC(=O)C(C)(C)C)OC(C)(C)C. The summed E-state index contributed by atoms with van der Waals surface area (Å²) >= 11 is 0. The van der Waals surface area contributed by atoms with Gasteiger partial charge in [0.2, 0.25) is 5.56 Å². The zero-order valence-electron chi connectivity index (χ0n) is 23.7. The minimum absolute atomic E-state index is 0.0495. The van der Waals surface area contributed by atoms with Gasteiger partial charge in [0, 0.05) is 40.5 Å². The summed E-state index contributed by atoms with van der Waals surface area (Å²) in [6.45, 7) is 14.1. The van der Waals surface area contributed by atoms with Crippen LogP contribution in [-0.4, -0.2) is 34.8 Å². The van der Waals surface area contributed by atoms with Crippen LogP contribution in [0.15, 0.2) is 47.4 Å². The minimum atomic E-state index is -0.646. The van der Waals surface area contributed by atoms with Crippen molar-refractivity contribution >= 4 is 27.8 Å². The molecule has 204 valence electrons. The lowest BCUT2D eigenvalue weighted by Gasteiger charge is -2.31. The fraction of sp³-hybridized carbons (Fsp3) is 0.406. The molecule has 1 aliphatic rings. The molecule has 1 unspecified atom stereocenters. The zero-order chi connectivity index (χ0) is 28.1. The van der Waals surface area contributed by atoms with Crippen LogP contribution in [0.3, 0.4) is 0 Å². The number of esters is 1. The number of fused-ring (bicyclic) bond motifs is 1. The zero-order valence-corrected chi connectivity index (χ0v) is 23.7. The van der Waals surface area contributed by atoms with Crippen LogP contribution >= 0.6 is 0 Å². The van der Waals surface area contributed by atoms with Gasteiger partial charge >= 0.3 is 5.97 Å². The quantitative estimate of drug-likeness (QED) is 0.300. The van der Waals surface area contributed by atoms with Gasteiger partial charge < -0.3 is 19.2 Å². The summed E-state index contributed by atoms with van der Waals surface area (Å²) in [7, 11) is 0. The molecule has 3 heterocycles. The number of carbonyl (C=O) groups is 1. The Kier molecular flexibility index (Phi) is 6.75. The number of nitrogens with zero attached hydrogens (tertiary/aromatic N) is 1. The van der Waals surface area contributed by atoms with Crippen molar-refractivity contribution in [3.8, 4) is 16.9 Å². The Balaban J connectivity index is 1.81. The average Bonchev–Trinajstić information content (AvgIpc) is 2.85. The monoisotopic (exact) mass is 528 g/mol. The molecule has 0 saturated heterocycles. The molecule has 7 nitrogen and oxygen atoms in total. The van der Waals surface area contributed by atoms with E-state index >= 15 is 0 Å². The van der Waals surface area contributed by atoms with E-state index in [9.17, 15) is 9.59 Å². The molecule has 0 saturated carbocycles. The first kappa shape index (κ1) is 26.9. The second-order valence-electron chi connectivity index (χ2n) is 12.2. The van der Waals surface area contributed by atoms with Gasteiger partial charge in [-0.3, -0.25) is 14.6 Å². The number of ether oxygens (including phenoxy) is 3. The number of H-pyrrole nitrogens is 1. The number of aromatic nitrogens is 2. The van der Waals surface area contributed by atoms with E-state index in [-0.39, 0.29) is 18.1 Å². The van der Waals surface area contributed by atoms with Gasteiger partial charge in [0.1, 0.15) is 18.5 Å². The number of nitrogens with one attached hydrogen (secondary N) is 1. The highest BCUT2D eigenvalue weighted by molar-refractivity contribution is 6.07. The van der Waals surface area contributed by atoms with Gasteiger partial charge in [-0.15, -0.1) is 0 Å². The number of carbonyl (C=O) groups excluding carboxylic acids is 1. The van der Waals surface area contributed by atoms with Gasteiger partial charge in [-0.25, -0.2) is 0 Å². The molecule has 1 aliphatic heterocycles. The number of rotatable bonds is 5. The third-order valence-electron chi connectivity index (χ3n) is 6.91. The van der Waals surface area contributed by atoms with Crippen LogP contribution in [0.4, 0.5) is 0 Å². The first-order valence-electron chi connectivity index (χ1n) is 13.4. The van der Waals surface area contributed by atoms with Gasteiger partial charge in [-0.2, -0.15) is 0 Å². The lowest BCUT2D eigenvalue weighted by atomic mass is 9.86. The molecule has 7 heteroatoms. The van der Waals surface area contributed by atoms with Gasteiger partial charge in [-0.05, 0) is 101 Å². The van der Waals surface area contributed by atoms with Crippen LogP contribution < -0.4 is 10.3 Å². The van der Waals surface area contributed by atoms with Crippen molar-refractivity contribution in [2.75, 3.05) is 13.2 Å². The molecule has 0 bridgehead atoms. The lowest BCUT2D eigenvalue weighted by Crippen LogP contribution is -2.30. The molecule has 1 atom stereocenters. The smallest absolute Gasteiger partial charge is 0.311 e. The number of aromatic amines is 1. The largest absolute Gasteiger partial charge is 0.493 e.